The molecule has 0 saturated heterocycles. The lowest BCUT2D eigenvalue weighted by Gasteiger charge is -2.57. The fourth-order valence-electron chi connectivity index (χ4n) is 8.03. The van der Waals surface area contributed by atoms with Gasteiger partial charge in [0.2, 0.25) is 21.8 Å². The number of amides is 2. The third-order valence-electron chi connectivity index (χ3n) is 9.57. The van der Waals surface area contributed by atoms with Gasteiger partial charge in [0.1, 0.15) is 12.6 Å². The van der Waals surface area contributed by atoms with E-state index in [0.29, 0.717) is 18.7 Å². The second-order valence-electron chi connectivity index (χ2n) is 13.2. The summed E-state index contributed by atoms with van der Waals surface area (Å²) in [6, 6.07) is 16.9. The van der Waals surface area contributed by atoms with Crippen molar-refractivity contribution in [2.24, 2.45) is 17.8 Å². The van der Waals surface area contributed by atoms with Crippen molar-refractivity contribution < 1.29 is 18.0 Å². The molecule has 0 aromatic heterocycles. The molecule has 0 heterocycles. The van der Waals surface area contributed by atoms with Crippen molar-refractivity contribution in [1.29, 1.82) is 0 Å². The molecular weight excluding hydrogens is 534 g/mol. The molecule has 4 fully saturated rings. The zero-order valence-corrected chi connectivity index (χ0v) is 25.7. The fourth-order valence-corrected chi connectivity index (χ4v) is 8.88. The lowest BCUT2D eigenvalue weighted by atomic mass is 9.48. The van der Waals surface area contributed by atoms with Crippen molar-refractivity contribution in [1.82, 2.24) is 10.2 Å². The van der Waals surface area contributed by atoms with Crippen LogP contribution >= 0.6 is 0 Å². The van der Waals surface area contributed by atoms with E-state index >= 15 is 0 Å². The van der Waals surface area contributed by atoms with E-state index in [2.05, 4.69) is 17.4 Å². The van der Waals surface area contributed by atoms with E-state index in [9.17, 15) is 18.0 Å². The molecule has 0 aliphatic heterocycles. The molecule has 1 N–H and O–H groups in total. The minimum absolute atomic E-state index is 0.0731. The van der Waals surface area contributed by atoms with Gasteiger partial charge in [-0.15, -0.1) is 0 Å². The molecule has 8 heteroatoms. The van der Waals surface area contributed by atoms with Crippen LogP contribution < -0.4 is 9.62 Å². The molecule has 7 nitrogen and oxygen atoms in total. The maximum Gasteiger partial charge on any atom is 0.244 e. The van der Waals surface area contributed by atoms with Crippen molar-refractivity contribution in [2.45, 2.75) is 83.2 Å². The molecule has 0 spiro atoms. The van der Waals surface area contributed by atoms with E-state index in [0.717, 1.165) is 29.6 Å². The molecule has 0 radical (unpaired) electrons. The molecule has 4 saturated carbocycles. The molecule has 0 unspecified atom stereocenters. The molecule has 4 bridgehead atoms. The third-order valence-corrected chi connectivity index (χ3v) is 10.7. The summed E-state index contributed by atoms with van der Waals surface area (Å²) in [4.78, 5) is 28.2. The second-order valence-corrected chi connectivity index (χ2v) is 15.1. The largest absolute Gasteiger partial charge is 0.352 e. The number of hydrogen-bond acceptors (Lipinski definition) is 4. The number of carbonyl (C=O) groups excluding carboxylic acids is 2. The average Bonchev–Trinajstić information content (AvgIpc) is 2.90. The van der Waals surface area contributed by atoms with Gasteiger partial charge in [0, 0.05) is 12.6 Å². The minimum atomic E-state index is -3.75. The summed E-state index contributed by atoms with van der Waals surface area (Å²) in [6.07, 6.45) is 9.51. The first-order valence-electron chi connectivity index (χ1n) is 15.2. The number of anilines is 1. The van der Waals surface area contributed by atoms with Crippen LogP contribution in [0, 0.1) is 17.8 Å². The summed E-state index contributed by atoms with van der Waals surface area (Å²) in [5.41, 5.74) is 3.05. The highest BCUT2D eigenvalue weighted by atomic mass is 32.2. The summed E-state index contributed by atoms with van der Waals surface area (Å²) >= 11 is 0. The summed E-state index contributed by atoms with van der Waals surface area (Å²) in [5, 5.41) is 2.89. The molecule has 41 heavy (non-hydrogen) atoms. The van der Waals surface area contributed by atoms with Gasteiger partial charge in [0.15, 0.2) is 0 Å². The number of hydrogen-bond donors (Lipinski definition) is 1. The Morgan fingerprint density at radius 3 is 1.98 bits per heavy atom. The molecule has 6 rings (SSSR count). The van der Waals surface area contributed by atoms with Crippen LogP contribution in [-0.2, 0) is 31.4 Å². The van der Waals surface area contributed by atoms with Gasteiger partial charge >= 0.3 is 0 Å². The van der Waals surface area contributed by atoms with E-state index < -0.39 is 22.0 Å². The fraction of sp³-hybridized carbons (Fsp3) is 0.576. The van der Waals surface area contributed by atoms with Crippen LogP contribution in [0.15, 0.2) is 54.6 Å². The van der Waals surface area contributed by atoms with Gasteiger partial charge < -0.3 is 10.2 Å². The normalized spacial score (nSPS) is 25.6. The number of nitrogens with zero attached hydrogens (tertiary/aromatic N) is 2. The zero-order chi connectivity index (χ0) is 29.4. The van der Waals surface area contributed by atoms with Crippen LogP contribution in [0.25, 0.3) is 0 Å². The summed E-state index contributed by atoms with van der Waals surface area (Å²) in [7, 11) is -3.75. The quantitative estimate of drug-likeness (QED) is 0.410. The molecular formula is C33H45N3O4S. The van der Waals surface area contributed by atoms with E-state index in [1.807, 2.05) is 56.3 Å². The molecule has 222 valence electrons. The molecule has 4 aliphatic rings. The summed E-state index contributed by atoms with van der Waals surface area (Å²) in [6.45, 7) is 5.39. The number of carbonyl (C=O) groups is 2. The Bertz CT molecular complexity index is 1310. The summed E-state index contributed by atoms with van der Waals surface area (Å²) < 4.78 is 27.2. The first kappa shape index (κ1) is 29.6. The Morgan fingerprint density at radius 2 is 1.46 bits per heavy atom. The Morgan fingerprint density at radius 1 is 0.902 bits per heavy atom. The van der Waals surface area contributed by atoms with Crippen LogP contribution in [0.4, 0.5) is 5.69 Å². The second kappa shape index (κ2) is 11.8. The highest BCUT2D eigenvalue weighted by Gasteiger charge is 2.51. The maximum atomic E-state index is 13.8. The predicted octanol–water partition coefficient (Wildman–Crippen LogP) is 4.90. The van der Waals surface area contributed by atoms with Crippen LogP contribution in [0.2, 0.25) is 0 Å². The number of rotatable bonds is 11. The van der Waals surface area contributed by atoms with E-state index in [4.69, 9.17) is 0 Å². The topological polar surface area (TPSA) is 86.8 Å². The van der Waals surface area contributed by atoms with Crippen molar-refractivity contribution in [3.8, 4) is 0 Å². The van der Waals surface area contributed by atoms with Crippen LogP contribution in [0.1, 0.15) is 70.4 Å². The van der Waals surface area contributed by atoms with Gasteiger partial charge in [-0.2, -0.15) is 0 Å². The Hall–Kier alpha value is -2.87. The minimum Gasteiger partial charge on any atom is -0.352 e. The Labute approximate surface area is 245 Å². The van der Waals surface area contributed by atoms with Crippen molar-refractivity contribution in [3.05, 3.63) is 65.7 Å². The first-order chi connectivity index (χ1) is 19.4. The number of nitrogens with one attached hydrogen (secondary N) is 1. The first-order valence-corrected chi connectivity index (χ1v) is 17.0. The van der Waals surface area contributed by atoms with Crippen molar-refractivity contribution in [3.63, 3.8) is 0 Å². The number of benzene rings is 2. The molecule has 2 amide bonds. The predicted molar refractivity (Wildman–Crippen MR) is 163 cm³/mol. The monoisotopic (exact) mass is 579 g/mol. The van der Waals surface area contributed by atoms with Crippen LogP contribution in [0.3, 0.4) is 0 Å². The van der Waals surface area contributed by atoms with Crippen LogP contribution in [0.5, 0.6) is 0 Å². The van der Waals surface area contributed by atoms with Gasteiger partial charge in [0.05, 0.1) is 11.9 Å². The van der Waals surface area contributed by atoms with E-state index in [-0.39, 0.29) is 23.9 Å². The van der Waals surface area contributed by atoms with Gasteiger partial charge in [-0.3, -0.25) is 13.9 Å². The Balaban J connectivity index is 1.35. The maximum absolute atomic E-state index is 13.8. The molecule has 4 aliphatic carbocycles. The number of sulfonamides is 1. The van der Waals surface area contributed by atoms with Gasteiger partial charge in [-0.1, -0.05) is 42.5 Å². The van der Waals surface area contributed by atoms with E-state index in [1.165, 1.54) is 53.3 Å². The highest BCUT2D eigenvalue weighted by molar-refractivity contribution is 7.92. The van der Waals surface area contributed by atoms with Gasteiger partial charge in [-0.05, 0) is 112 Å². The van der Waals surface area contributed by atoms with Crippen molar-refractivity contribution >= 4 is 27.5 Å². The lowest BCUT2D eigenvalue weighted by molar-refractivity contribution is -0.139. The molecule has 1 atom stereocenters. The highest BCUT2D eigenvalue weighted by Crippen LogP contribution is 2.60. The SMILES string of the molecule is CC(C)NC(=O)[C@H](C)N(CCc1ccccc1)C(=O)CN(c1ccc(C23CC4CC(CC(C4)C2)C3)cc1)S(C)(=O)=O. The van der Waals surface area contributed by atoms with Gasteiger partial charge in [0.25, 0.3) is 0 Å². The zero-order valence-electron chi connectivity index (χ0n) is 24.9. The summed E-state index contributed by atoms with van der Waals surface area (Å²) in [5.74, 6) is 1.81. The van der Waals surface area contributed by atoms with Crippen molar-refractivity contribution in [2.75, 3.05) is 23.7 Å². The smallest absolute Gasteiger partial charge is 0.244 e. The molecule has 2 aromatic rings. The van der Waals surface area contributed by atoms with E-state index in [1.54, 1.807) is 6.92 Å². The van der Waals surface area contributed by atoms with Crippen LogP contribution in [-0.4, -0.2) is 56.6 Å². The molecule has 2 aromatic carbocycles. The van der Waals surface area contributed by atoms with Gasteiger partial charge in [-0.25, -0.2) is 8.42 Å². The third kappa shape index (κ3) is 6.63. The standard InChI is InChI=1S/C33H45N3O4S/c1-23(2)34-32(38)24(3)35(15-14-25-8-6-5-7-9-25)31(37)22-36(41(4,39)40)30-12-10-29(11-13-30)33-19-26-16-27(20-33)18-28(17-26)21-33/h5-13,23-24,26-28H,14-22H2,1-4H3,(H,34,38)/t24-,26?,27?,28?,33?/m0/s1. The average molecular weight is 580 g/mol. The Kier molecular flexibility index (Phi) is 8.51. The lowest BCUT2D eigenvalue weighted by Crippen LogP contribution is -2.53.